The lowest BCUT2D eigenvalue weighted by molar-refractivity contribution is -0.115. The molecular weight excluding hydrogens is 414 g/mol. The van der Waals surface area contributed by atoms with Crippen LogP contribution in [-0.2, 0) is 11.2 Å². The van der Waals surface area contributed by atoms with E-state index in [1.54, 1.807) is 0 Å². The number of furan rings is 1. The lowest BCUT2D eigenvalue weighted by atomic mass is 10.1. The number of piperazine rings is 1. The summed E-state index contributed by atoms with van der Waals surface area (Å²) in [6, 6.07) is 27.0. The number of rotatable bonds is 5. The second-order valence-corrected chi connectivity index (χ2v) is 8.19. The van der Waals surface area contributed by atoms with Gasteiger partial charge in [-0.3, -0.25) is 9.59 Å². The minimum absolute atomic E-state index is 0.0355. The molecule has 6 nitrogen and oxygen atoms in total. The number of benzene rings is 3. The highest BCUT2D eigenvalue weighted by Gasteiger charge is 2.24. The molecule has 1 fully saturated rings. The summed E-state index contributed by atoms with van der Waals surface area (Å²) in [4.78, 5) is 29.2. The van der Waals surface area contributed by atoms with Crippen molar-refractivity contribution in [2.24, 2.45) is 0 Å². The number of carbonyl (C=O) groups excluding carboxylic acids is 2. The fourth-order valence-electron chi connectivity index (χ4n) is 4.15. The van der Waals surface area contributed by atoms with Gasteiger partial charge in [0.2, 0.25) is 5.91 Å². The van der Waals surface area contributed by atoms with Gasteiger partial charge in [0.1, 0.15) is 5.58 Å². The number of nitrogens with one attached hydrogen (secondary N) is 1. The molecule has 3 aromatic carbocycles. The molecule has 166 valence electrons. The van der Waals surface area contributed by atoms with Gasteiger partial charge in [-0.15, -0.1) is 0 Å². The molecule has 0 bridgehead atoms. The monoisotopic (exact) mass is 439 g/mol. The van der Waals surface area contributed by atoms with Crippen LogP contribution in [0.3, 0.4) is 0 Å². The highest BCUT2D eigenvalue weighted by molar-refractivity contribution is 5.96. The van der Waals surface area contributed by atoms with Crippen molar-refractivity contribution in [3.8, 4) is 0 Å². The van der Waals surface area contributed by atoms with Gasteiger partial charge in [-0.1, -0.05) is 48.5 Å². The molecule has 0 atom stereocenters. The highest BCUT2D eigenvalue weighted by atomic mass is 16.3. The van der Waals surface area contributed by atoms with Gasteiger partial charge in [0, 0.05) is 42.9 Å². The average Bonchev–Trinajstić information content (AvgIpc) is 3.29. The van der Waals surface area contributed by atoms with Crippen LogP contribution in [0.5, 0.6) is 0 Å². The van der Waals surface area contributed by atoms with E-state index in [-0.39, 0.29) is 11.8 Å². The molecule has 6 heteroatoms. The summed E-state index contributed by atoms with van der Waals surface area (Å²) in [5.74, 6) is 0.286. The Morgan fingerprint density at radius 3 is 2.24 bits per heavy atom. The molecule has 0 radical (unpaired) electrons. The lowest BCUT2D eigenvalue weighted by Crippen LogP contribution is -2.48. The molecule has 2 amide bonds. The first kappa shape index (κ1) is 20.8. The molecular formula is C27H25N3O3. The normalized spacial score (nSPS) is 13.8. The summed E-state index contributed by atoms with van der Waals surface area (Å²) >= 11 is 0. The summed E-state index contributed by atoms with van der Waals surface area (Å²) in [7, 11) is 0. The minimum atomic E-state index is -0.0673. The van der Waals surface area contributed by atoms with E-state index in [1.165, 1.54) is 0 Å². The predicted octanol–water partition coefficient (Wildman–Crippen LogP) is 4.58. The number of nitrogens with zero attached hydrogens (tertiary/aromatic N) is 2. The minimum Gasteiger partial charge on any atom is -0.451 e. The lowest BCUT2D eigenvalue weighted by Gasteiger charge is -2.35. The first-order valence-electron chi connectivity index (χ1n) is 11.1. The average molecular weight is 440 g/mol. The second-order valence-electron chi connectivity index (χ2n) is 8.19. The molecule has 1 aromatic heterocycles. The van der Waals surface area contributed by atoms with E-state index in [4.69, 9.17) is 4.42 Å². The van der Waals surface area contributed by atoms with Gasteiger partial charge < -0.3 is 19.5 Å². The van der Waals surface area contributed by atoms with Gasteiger partial charge in [-0.25, -0.2) is 0 Å². The van der Waals surface area contributed by atoms with Gasteiger partial charge in [-0.05, 0) is 42.0 Å². The Bertz CT molecular complexity index is 1220. The van der Waals surface area contributed by atoms with E-state index < -0.39 is 0 Å². The van der Waals surface area contributed by atoms with Crippen molar-refractivity contribution in [1.82, 2.24) is 4.90 Å². The maximum atomic E-state index is 12.9. The van der Waals surface area contributed by atoms with Crippen molar-refractivity contribution in [1.29, 1.82) is 0 Å². The van der Waals surface area contributed by atoms with E-state index in [0.29, 0.717) is 25.3 Å². The molecule has 1 N–H and O–H groups in total. The quantitative estimate of drug-likeness (QED) is 0.495. The number of anilines is 2. The van der Waals surface area contributed by atoms with Gasteiger partial charge in [0.15, 0.2) is 5.76 Å². The largest absolute Gasteiger partial charge is 0.451 e. The standard InChI is InChI=1S/C27H25N3O3/c31-26(18-20-6-2-1-3-7-20)28-22-10-12-23(13-11-22)29-14-16-30(17-15-29)27(32)25-19-21-8-4-5-9-24(21)33-25/h1-13,19H,14-18H2,(H,28,31). The fraction of sp³-hybridized carbons (Fsp3) is 0.185. The molecule has 2 heterocycles. The zero-order chi connectivity index (χ0) is 22.6. The van der Waals surface area contributed by atoms with Gasteiger partial charge in [0.05, 0.1) is 6.42 Å². The third-order valence-corrected chi connectivity index (χ3v) is 5.93. The van der Waals surface area contributed by atoms with Crippen molar-refractivity contribution >= 4 is 34.2 Å². The molecule has 5 rings (SSSR count). The zero-order valence-corrected chi connectivity index (χ0v) is 18.2. The SMILES string of the molecule is O=C(Cc1ccccc1)Nc1ccc(N2CCN(C(=O)c3cc4ccccc4o3)CC2)cc1. The van der Waals surface area contributed by atoms with Crippen molar-refractivity contribution < 1.29 is 14.0 Å². The van der Waals surface area contributed by atoms with Crippen LogP contribution in [0.1, 0.15) is 16.1 Å². The van der Waals surface area contributed by atoms with E-state index in [1.807, 2.05) is 89.8 Å². The maximum absolute atomic E-state index is 12.9. The topological polar surface area (TPSA) is 65.8 Å². The first-order chi connectivity index (χ1) is 16.2. The van der Waals surface area contributed by atoms with Crippen LogP contribution < -0.4 is 10.2 Å². The van der Waals surface area contributed by atoms with Crippen LogP contribution in [0.25, 0.3) is 11.0 Å². The summed E-state index contributed by atoms with van der Waals surface area (Å²) in [6.45, 7) is 2.74. The van der Waals surface area contributed by atoms with Gasteiger partial charge >= 0.3 is 0 Å². The Balaban J connectivity index is 1.15. The van der Waals surface area contributed by atoms with E-state index in [2.05, 4.69) is 10.2 Å². The van der Waals surface area contributed by atoms with Crippen molar-refractivity contribution in [2.45, 2.75) is 6.42 Å². The Kier molecular flexibility index (Phi) is 5.81. The van der Waals surface area contributed by atoms with Gasteiger partial charge in [-0.2, -0.15) is 0 Å². The van der Waals surface area contributed by atoms with Crippen LogP contribution in [0.15, 0.2) is 89.3 Å². The van der Waals surface area contributed by atoms with Crippen LogP contribution in [-0.4, -0.2) is 42.9 Å². The number of carbonyl (C=O) groups is 2. The third-order valence-electron chi connectivity index (χ3n) is 5.93. The second kappa shape index (κ2) is 9.20. The van der Waals surface area contributed by atoms with E-state index in [0.717, 1.165) is 41.0 Å². The molecule has 33 heavy (non-hydrogen) atoms. The molecule has 1 aliphatic rings. The summed E-state index contributed by atoms with van der Waals surface area (Å²) < 4.78 is 5.74. The number of hydrogen-bond donors (Lipinski definition) is 1. The molecule has 0 saturated carbocycles. The number of para-hydroxylation sites is 1. The number of fused-ring (bicyclic) bond motifs is 1. The van der Waals surface area contributed by atoms with Crippen LogP contribution in [0.4, 0.5) is 11.4 Å². The highest BCUT2D eigenvalue weighted by Crippen LogP contribution is 2.23. The van der Waals surface area contributed by atoms with Gasteiger partial charge in [0.25, 0.3) is 5.91 Å². The zero-order valence-electron chi connectivity index (χ0n) is 18.2. The Morgan fingerprint density at radius 2 is 1.52 bits per heavy atom. The molecule has 0 spiro atoms. The number of amides is 2. The van der Waals surface area contributed by atoms with Crippen molar-refractivity contribution in [2.75, 3.05) is 36.4 Å². The van der Waals surface area contributed by atoms with Crippen molar-refractivity contribution in [3.63, 3.8) is 0 Å². The Hall–Kier alpha value is -4.06. The molecule has 4 aromatic rings. The Morgan fingerprint density at radius 1 is 0.818 bits per heavy atom. The summed E-state index contributed by atoms with van der Waals surface area (Å²) in [6.07, 6.45) is 0.351. The predicted molar refractivity (Wildman–Crippen MR) is 130 cm³/mol. The van der Waals surface area contributed by atoms with E-state index in [9.17, 15) is 9.59 Å². The Labute approximate surface area is 192 Å². The summed E-state index contributed by atoms with van der Waals surface area (Å²) in [5.41, 5.74) is 3.57. The summed E-state index contributed by atoms with van der Waals surface area (Å²) in [5, 5.41) is 3.89. The molecule has 1 aliphatic heterocycles. The molecule has 0 aliphatic carbocycles. The smallest absolute Gasteiger partial charge is 0.289 e. The first-order valence-corrected chi connectivity index (χ1v) is 11.1. The van der Waals surface area contributed by atoms with Crippen LogP contribution in [0.2, 0.25) is 0 Å². The van der Waals surface area contributed by atoms with E-state index >= 15 is 0 Å². The third kappa shape index (κ3) is 4.75. The molecule has 0 unspecified atom stereocenters. The van der Waals surface area contributed by atoms with Crippen LogP contribution in [0, 0.1) is 0 Å². The van der Waals surface area contributed by atoms with Crippen LogP contribution >= 0.6 is 0 Å². The molecule has 1 saturated heterocycles. The fourth-order valence-corrected chi connectivity index (χ4v) is 4.15. The van der Waals surface area contributed by atoms with Crippen molar-refractivity contribution in [3.05, 3.63) is 96.3 Å². The number of hydrogen-bond acceptors (Lipinski definition) is 4. The maximum Gasteiger partial charge on any atom is 0.289 e.